The van der Waals surface area contributed by atoms with Gasteiger partial charge in [-0.05, 0) is 42.5 Å². The van der Waals surface area contributed by atoms with Gasteiger partial charge in [-0.1, -0.05) is 23.8 Å². The Kier molecular flexibility index (Phi) is 5.86. The summed E-state index contributed by atoms with van der Waals surface area (Å²) in [5.41, 5.74) is -0.326. The zero-order valence-corrected chi connectivity index (χ0v) is 14.4. The molecule has 0 aliphatic heterocycles. The highest BCUT2D eigenvalue weighted by Crippen LogP contribution is 2.33. The van der Waals surface area contributed by atoms with E-state index in [0.717, 1.165) is 18.2 Å². The maximum Gasteiger partial charge on any atom is 0.416 e. The first-order chi connectivity index (χ1) is 11.7. The molecular weight excluding hydrogens is 377 g/mol. The number of amides is 1. The summed E-state index contributed by atoms with van der Waals surface area (Å²) in [4.78, 5) is 11.9. The lowest BCUT2D eigenvalue weighted by molar-refractivity contribution is -0.137. The number of hydrogen-bond acceptors (Lipinski definition) is 3. The SMILES string of the molecule is COc1ccc(NC(=S)C(=O)Nc2ccc(C(F)(F)F)cc2Cl)cc1. The summed E-state index contributed by atoms with van der Waals surface area (Å²) in [6.45, 7) is 0. The molecule has 9 heteroatoms. The Morgan fingerprint density at radius 1 is 1.12 bits per heavy atom. The van der Waals surface area contributed by atoms with Crippen molar-refractivity contribution in [3.63, 3.8) is 0 Å². The summed E-state index contributed by atoms with van der Waals surface area (Å²) in [5.74, 6) is -0.0649. The van der Waals surface area contributed by atoms with E-state index in [4.69, 9.17) is 28.6 Å². The molecule has 0 bridgehead atoms. The highest BCUT2D eigenvalue weighted by Gasteiger charge is 2.31. The molecule has 0 atom stereocenters. The number of benzene rings is 2. The van der Waals surface area contributed by atoms with Crippen LogP contribution in [0.2, 0.25) is 5.02 Å². The van der Waals surface area contributed by atoms with Crippen molar-refractivity contribution in [2.45, 2.75) is 6.18 Å². The van der Waals surface area contributed by atoms with Crippen molar-refractivity contribution in [3.05, 3.63) is 53.1 Å². The number of thiocarbonyl (C=S) groups is 1. The summed E-state index contributed by atoms with van der Waals surface area (Å²) in [6.07, 6.45) is -4.52. The van der Waals surface area contributed by atoms with E-state index in [1.54, 1.807) is 24.3 Å². The second-order valence-electron chi connectivity index (χ2n) is 4.83. The monoisotopic (exact) mass is 388 g/mol. The fourth-order valence-corrected chi connectivity index (χ4v) is 2.23. The van der Waals surface area contributed by atoms with E-state index in [1.807, 2.05) is 0 Å². The first-order valence-corrected chi connectivity index (χ1v) is 7.62. The van der Waals surface area contributed by atoms with Gasteiger partial charge in [-0.3, -0.25) is 4.79 Å². The summed E-state index contributed by atoms with van der Waals surface area (Å²) >= 11 is 10.8. The lowest BCUT2D eigenvalue weighted by Crippen LogP contribution is -2.27. The average Bonchev–Trinajstić information content (AvgIpc) is 2.56. The fraction of sp³-hybridized carbons (Fsp3) is 0.125. The Morgan fingerprint density at radius 3 is 2.28 bits per heavy atom. The van der Waals surface area contributed by atoms with E-state index in [1.165, 1.54) is 7.11 Å². The van der Waals surface area contributed by atoms with Crippen molar-refractivity contribution in [2.75, 3.05) is 17.7 Å². The Bertz CT molecular complexity index is 795. The molecule has 0 heterocycles. The zero-order chi connectivity index (χ0) is 18.6. The minimum absolute atomic E-state index is 0.0264. The van der Waals surface area contributed by atoms with Gasteiger partial charge >= 0.3 is 6.18 Å². The highest BCUT2D eigenvalue weighted by molar-refractivity contribution is 7.82. The van der Waals surface area contributed by atoms with Crippen LogP contribution in [-0.4, -0.2) is 18.0 Å². The van der Waals surface area contributed by atoms with Gasteiger partial charge in [0.25, 0.3) is 5.91 Å². The molecule has 2 rings (SSSR count). The van der Waals surface area contributed by atoms with Crippen LogP contribution in [0.1, 0.15) is 5.56 Å². The minimum Gasteiger partial charge on any atom is -0.497 e. The van der Waals surface area contributed by atoms with E-state index in [9.17, 15) is 18.0 Å². The Labute approximate surface area is 151 Å². The third-order valence-corrected chi connectivity index (χ3v) is 3.70. The fourth-order valence-electron chi connectivity index (χ4n) is 1.83. The van der Waals surface area contributed by atoms with E-state index in [0.29, 0.717) is 11.4 Å². The van der Waals surface area contributed by atoms with Gasteiger partial charge in [-0.2, -0.15) is 13.2 Å². The van der Waals surface area contributed by atoms with Crippen molar-refractivity contribution in [1.29, 1.82) is 0 Å². The lowest BCUT2D eigenvalue weighted by atomic mass is 10.2. The number of nitrogens with one attached hydrogen (secondary N) is 2. The van der Waals surface area contributed by atoms with E-state index in [2.05, 4.69) is 10.6 Å². The molecule has 132 valence electrons. The number of carbonyl (C=O) groups is 1. The first kappa shape index (κ1) is 19.0. The van der Waals surface area contributed by atoms with Crippen molar-refractivity contribution in [3.8, 4) is 5.75 Å². The number of ether oxygens (including phenoxy) is 1. The van der Waals surface area contributed by atoms with Crippen LogP contribution in [0, 0.1) is 0 Å². The van der Waals surface area contributed by atoms with Crippen molar-refractivity contribution < 1.29 is 22.7 Å². The van der Waals surface area contributed by atoms with Crippen molar-refractivity contribution in [2.24, 2.45) is 0 Å². The highest BCUT2D eigenvalue weighted by atomic mass is 35.5. The van der Waals surface area contributed by atoms with Gasteiger partial charge in [0.15, 0.2) is 4.99 Å². The zero-order valence-electron chi connectivity index (χ0n) is 12.8. The molecule has 2 aromatic rings. The van der Waals surface area contributed by atoms with Crippen LogP contribution < -0.4 is 15.4 Å². The topological polar surface area (TPSA) is 50.4 Å². The Hall–Kier alpha value is -2.32. The third-order valence-electron chi connectivity index (χ3n) is 3.10. The summed E-state index contributed by atoms with van der Waals surface area (Å²) < 4.78 is 42.8. The molecule has 0 aliphatic carbocycles. The molecule has 0 aliphatic rings. The van der Waals surface area contributed by atoms with Gasteiger partial charge in [0.05, 0.1) is 23.4 Å². The van der Waals surface area contributed by atoms with Crippen LogP contribution in [0.3, 0.4) is 0 Å². The second-order valence-corrected chi connectivity index (χ2v) is 5.64. The quantitative estimate of drug-likeness (QED) is 0.745. The number of rotatable bonds is 3. The van der Waals surface area contributed by atoms with E-state index < -0.39 is 17.6 Å². The molecule has 0 spiro atoms. The minimum atomic E-state index is -4.52. The largest absolute Gasteiger partial charge is 0.497 e. The molecule has 4 nitrogen and oxygen atoms in total. The van der Waals surface area contributed by atoms with E-state index >= 15 is 0 Å². The number of halogens is 4. The van der Waals surface area contributed by atoms with Crippen LogP contribution in [-0.2, 0) is 11.0 Å². The third kappa shape index (κ3) is 5.07. The predicted octanol–water partition coefficient (Wildman–Crippen LogP) is 4.75. The van der Waals surface area contributed by atoms with Gasteiger partial charge < -0.3 is 15.4 Å². The lowest BCUT2D eigenvalue weighted by Gasteiger charge is -2.12. The first-order valence-electron chi connectivity index (χ1n) is 6.84. The average molecular weight is 389 g/mol. The van der Waals surface area contributed by atoms with Crippen LogP contribution in [0.15, 0.2) is 42.5 Å². The molecule has 2 aromatic carbocycles. The number of hydrogen-bond donors (Lipinski definition) is 2. The van der Waals surface area contributed by atoms with Gasteiger partial charge in [-0.25, -0.2) is 0 Å². The normalized spacial score (nSPS) is 10.9. The van der Waals surface area contributed by atoms with Crippen molar-refractivity contribution in [1.82, 2.24) is 0 Å². The Morgan fingerprint density at radius 2 is 1.76 bits per heavy atom. The second kappa shape index (κ2) is 7.71. The maximum absolute atomic E-state index is 12.6. The van der Waals surface area contributed by atoms with Crippen LogP contribution >= 0.6 is 23.8 Å². The molecule has 0 unspecified atom stereocenters. The number of anilines is 2. The number of carbonyl (C=O) groups excluding carboxylic acids is 1. The molecule has 25 heavy (non-hydrogen) atoms. The van der Waals surface area contributed by atoms with Crippen LogP contribution in [0.4, 0.5) is 24.5 Å². The van der Waals surface area contributed by atoms with Gasteiger partial charge in [0, 0.05) is 5.69 Å². The smallest absolute Gasteiger partial charge is 0.416 e. The molecule has 0 radical (unpaired) electrons. The molecule has 0 saturated heterocycles. The standard InChI is InChI=1S/C16H12ClF3N2O2S/c1-24-11-5-3-10(4-6-11)21-15(25)14(23)22-13-7-2-9(8-12(13)17)16(18,19)20/h2-8H,1H3,(H,21,25)(H,22,23). The van der Waals surface area contributed by atoms with Gasteiger partial charge in [-0.15, -0.1) is 0 Å². The maximum atomic E-state index is 12.6. The van der Waals surface area contributed by atoms with Gasteiger partial charge in [0.1, 0.15) is 5.75 Å². The molecule has 1 amide bonds. The number of alkyl halides is 3. The molecule has 0 aromatic heterocycles. The summed E-state index contributed by atoms with van der Waals surface area (Å²) in [5, 5.41) is 4.83. The van der Waals surface area contributed by atoms with Crippen molar-refractivity contribution >= 4 is 46.1 Å². The van der Waals surface area contributed by atoms with E-state index in [-0.39, 0.29) is 15.7 Å². The number of methoxy groups -OCH3 is 1. The summed E-state index contributed by atoms with van der Waals surface area (Å²) in [6, 6.07) is 9.29. The molecular formula is C16H12ClF3N2O2S. The predicted molar refractivity (Wildman–Crippen MR) is 94.3 cm³/mol. The Balaban J connectivity index is 2.04. The molecule has 2 N–H and O–H groups in total. The molecule has 0 fully saturated rings. The van der Waals surface area contributed by atoms with Gasteiger partial charge in [0.2, 0.25) is 0 Å². The summed E-state index contributed by atoms with van der Waals surface area (Å²) in [7, 11) is 1.52. The van der Waals surface area contributed by atoms with Crippen LogP contribution in [0.25, 0.3) is 0 Å². The molecule has 0 saturated carbocycles. The van der Waals surface area contributed by atoms with Crippen LogP contribution in [0.5, 0.6) is 5.75 Å².